The lowest BCUT2D eigenvalue weighted by Crippen LogP contribution is -2.02. The van der Waals surface area contributed by atoms with Gasteiger partial charge in [0.25, 0.3) is 0 Å². The van der Waals surface area contributed by atoms with Gasteiger partial charge in [0.1, 0.15) is 6.29 Å². The van der Waals surface area contributed by atoms with E-state index in [1.165, 1.54) is 63.4 Å². The van der Waals surface area contributed by atoms with Crippen molar-refractivity contribution in [1.29, 1.82) is 0 Å². The number of fused-ring (bicyclic) bond motifs is 8. The molecule has 0 amide bonds. The van der Waals surface area contributed by atoms with Crippen LogP contribution in [0.15, 0.2) is 103 Å². The van der Waals surface area contributed by atoms with Gasteiger partial charge in [-0.05, 0) is 86.0 Å². The monoisotopic (exact) mass is 438 g/mol. The third kappa shape index (κ3) is 3.64. The lowest BCUT2D eigenvalue weighted by Gasteiger charge is -2.18. The molecule has 1 aliphatic rings. The van der Waals surface area contributed by atoms with E-state index >= 15 is 0 Å². The summed E-state index contributed by atoms with van der Waals surface area (Å²) in [6.07, 6.45) is 6.10. The van der Waals surface area contributed by atoms with Crippen LogP contribution in [0.2, 0.25) is 0 Å². The molecule has 6 aromatic rings. The number of hydrogen-bond acceptors (Lipinski definition) is 1. The molecule has 6 aromatic carbocycles. The van der Waals surface area contributed by atoms with Crippen LogP contribution in [0.1, 0.15) is 34.3 Å². The topological polar surface area (TPSA) is 17.1 Å². The van der Waals surface area contributed by atoms with Crippen molar-refractivity contribution in [1.82, 2.24) is 0 Å². The van der Waals surface area contributed by atoms with Gasteiger partial charge in [0.2, 0.25) is 0 Å². The molecule has 0 atom stereocenters. The van der Waals surface area contributed by atoms with Crippen LogP contribution in [0, 0.1) is 0 Å². The third-order valence-corrected chi connectivity index (χ3v) is 7.16. The second kappa shape index (κ2) is 8.76. The van der Waals surface area contributed by atoms with Gasteiger partial charge in [-0.15, -0.1) is 0 Å². The van der Waals surface area contributed by atoms with E-state index in [2.05, 4.69) is 72.8 Å². The molecule has 0 radical (unpaired) electrons. The third-order valence-electron chi connectivity index (χ3n) is 7.16. The molecule has 0 bridgehead atoms. The largest absolute Gasteiger partial charge is 0.298 e. The molecule has 0 saturated heterocycles. The minimum absolute atomic E-state index is 0.725. The van der Waals surface area contributed by atoms with Crippen molar-refractivity contribution in [3.8, 4) is 0 Å². The zero-order chi connectivity index (χ0) is 22.9. The maximum atomic E-state index is 10.7. The number of hydrogen-bond donors (Lipinski definition) is 0. The Labute approximate surface area is 199 Å². The Hall–Kier alpha value is -3.97. The molecular weight excluding hydrogens is 412 g/mol. The molecule has 0 spiro atoms. The average Bonchev–Trinajstić information content (AvgIpc) is 2.92. The van der Waals surface area contributed by atoms with E-state index in [0.29, 0.717) is 0 Å². The summed E-state index contributed by atoms with van der Waals surface area (Å²) in [6.45, 7) is 0. The highest BCUT2D eigenvalue weighted by Gasteiger charge is 2.13. The van der Waals surface area contributed by atoms with Crippen molar-refractivity contribution >= 4 is 49.4 Å². The van der Waals surface area contributed by atoms with E-state index in [4.69, 9.17) is 0 Å². The zero-order valence-corrected chi connectivity index (χ0v) is 19.1. The molecule has 0 N–H and O–H groups in total. The molecule has 7 rings (SSSR count). The number of aldehydes is 1. The molecule has 1 heteroatoms. The molecule has 0 saturated carbocycles. The van der Waals surface area contributed by atoms with Crippen LogP contribution in [-0.4, -0.2) is 6.29 Å². The van der Waals surface area contributed by atoms with Crippen molar-refractivity contribution in [2.24, 2.45) is 0 Å². The molecule has 0 aliphatic heterocycles. The fourth-order valence-corrected chi connectivity index (χ4v) is 5.45. The zero-order valence-electron chi connectivity index (χ0n) is 19.1. The van der Waals surface area contributed by atoms with Crippen LogP contribution in [0.3, 0.4) is 0 Å². The molecule has 34 heavy (non-hydrogen) atoms. The SMILES string of the molecule is O=Cc1ccc2c(ccc3ccccc32)c1.c1ccc2c(c1)ccc1c3c(ccc12)CCCC3. The van der Waals surface area contributed by atoms with Crippen LogP contribution < -0.4 is 0 Å². The number of carbonyl (C=O) groups is 1. The van der Waals surface area contributed by atoms with Crippen molar-refractivity contribution in [2.45, 2.75) is 25.7 Å². The van der Waals surface area contributed by atoms with E-state index in [-0.39, 0.29) is 0 Å². The predicted molar refractivity (Wildman–Crippen MR) is 145 cm³/mol. The maximum Gasteiger partial charge on any atom is 0.150 e. The molecule has 1 nitrogen and oxygen atoms in total. The summed E-state index contributed by atoms with van der Waals surface area (Å²) in [7, 11) is 0. The highest BCUT2D eigenvalue weighted by atomic mass is 16.1. The van der Waals surface area contributed by atoms with Crippen LogP contribution in [-0.2, 0) is 12.8 Å². The minimum atomic E-state index is 0.725. The maximum absolute atomic E-state index is 10.7. The van der Waals surface area contributed by atoms with Gasteiger partial charge in [-0.2, -0.15) is 0 Å². The summed E-state index contributed by atoms with van der Waals surface area (Å²) in [5.41, 5.74) is 3.90. The summed E-state index contributed by atoms with van der Waals surface area (Å²) in [4.78, 5) is 10.7. The van der Waals surface area contributed by atoms with Crippen molar-refractivity contribution < 1.29 is 4.79 Å². The van der Waals surface area contributed by atoms with E-state index in [1.807, 2.05) is 30.3 Å². The Balaban J connectivity index is 0.000000129. The van der Waals surface area contributed by atoms with Gasteiger partial charge in [0.05, 0.1) is 0 Å². The van der Waals surface area contributed by atoms with Crippen LogP contribution in [0.25, 0.3) is 43.1 Å². The summed E-state index contributed by atoms with van der Waals surface area (Å²) in [5.74, 6) is 0. The summed E-state index contributed by atoms with van der Waals surface area (Å²) >= 11 is 0. The van der Waals surface area contributed by atoms with Gasteiger partial charge >= 0.3 is 0 Å². The fraction of sp³-hybridized carbons (Fsp3) is 0.121. The first kappa shape index (κ1) is 20.6. The normalized spacial score (nSPS) is 12.9. The summed E-state index contributed by atoms with van der Waals surface area (Å²) in [5, 5.41) is 10.4. The van der Waals surface area contributed by atoms with Gasteiger partial charge in [0.15, 0.2) is 0 Å². The van der Waals surface area contributed by atoms with Crippen LogP contribution in [0.4, 0.5) is 0 Å². The van der Waals surface area contributed by atoms with Gasteiger partial charge in [-0.3, -0.25) is 4.79 Å². The molecule has 1 aliphatic carbocycles. The average molecular weight is 439 g/mol. The van der Waals surface area contributed by atoms with Gasteiger partial charge < -0.3 is 0 Å². The van der Waals surface area contributed by atoms with E-state index < -0.39 is 0 Å². The van der Waals surface area contributed by atoms with E-state index in [1.54, 1.807) is 11.1 Å². The standard InChI is InChI=1S/C18H16.C15H10O/c1-3-7-15-13(5-1)9-11-18-16-8-4-2-6-14(16)10-12-17(15)18;16-10-11-5-8-15-13(9-11)7-6-12-3-1-2-4-14(12)15/h1,3,5,7,9-12H,2,4,6,8H2;1-10H. The molecule has 0 aromatic heterocycles. The number of benzene rings is 6. The van der Waals surface area contributed by atoms with E-state index in [0.717, 1.165) is 17.2 Å². The Bertz CT molecular complexity index is 1680. The van der Waals surface area contributed by atoms with Crippen molar-refractivity contribution in [2.75, 3.05) is 0 Å². The lowest BCUT2D eigenvalue weighted by molar-refractivity contribution is 0.112. The highest BCUT2D eigenvalue weighted by Crippen LogP contribution is 2.33. The quantitative estimate of drug-likeness (QED) is 0.185. The predicted octanol–water partition coefficient (Wildman–Crippen LogP) is 8.68. The smallest absolute Gasteiger partial charge is 0.150 e. The Morgan fingerprint density at radius 3 is 1.88 bits per heavy atom. The molecule has 0 unspecified atom stereocenters. The van der Waals surface area contributed by atoms with Crippen molar-refractivity contribution in [3.63, 3.8) is 0 Å². The molecule has 0 fully saturated rings. The van der Waals surface area contributed by atoms with E-state index in [9.17, 15) is 4.79 Å². The highest BCUT2D eigenvalue weighted by molar-refractivity contribution is 6.09. The second-order valence-corrected chi connectivity index (χ2v) is 9.18. The van der Waals surface area contributed by atoms with Crippen molar-refractivity contribution in [3.05, 3.63) is 120 Å². The molecule has 164 valence electrons. The number of aryl methyl sites for hydroxylation is 2. The number of rotatable bonds is 1. The first-order valence-electron chi connectivity index (χ1n) is 12.1. The van der Waals surface area contributed by atoms with Crippen LogP contribution in [0.5, 0.6) is 0 Å². The minimum Gasteiger partial charge on any atom is -0.298 e. The Kier molecular flexibility index (Phi) is 5.31. The number of carbonyl (C=O) groups excluding carboxylic acids is 1. The van der Waals surface area contributed by atoms with Gasteiger partial charge in [-0.1, -0.05) is 97.1 Å². The summed E-state index contributed by atoms with van der Waals surface area (Å²) < 4.78 is 0. The van der Waals surface area contributed by atoms with Gasteiger partial charge in [-0.25, -0.2) is 0 Å². The van der Waals surface area contributed by atoms with Crippen LogP contribution >= 0.6 is 0 Å². The van der Waals surface area contributed by atoms with Gasteiger partial charge in [0, 0.05) is 5.56 Å². The molecule has 0 heterocycles. The first-order valence-corrected chi connectivity index (χ1v) is 12.1. The Morgan fingerprint density at radius 2 is 1.09 bits per heavy atom. The lowest BCUT2D eigenvalue weighted by atomic mass is 9.86. The molecular formula is C33H26O. The second-order valence-electron chi connectivity index (χ2n) is 9.18. The fourth-order valence-electron chi connectivity index (χ4n) is 5.45. The first-order chi connectivity index (χ1) is 16.8. The summed E-state index contributed by atoms with van der Waals surface area (Å²) in [6, 6.07) is 36.2. The Morgan fingerprint density at radius 1 is 0.500 bits per heavy atom.